The Morgan fingerprint density at radius 1 is 0.792 bits per heavy atom. The summed E-state index contributed by atoms with van der Waals surface area (Å²) in [7, 11) is 0. The topological polar surface area (TPSA) is 92.3 Å². The second-order valence-corrected chi connectivity index (χ2v) is 5.61. The molecule has 0 spiro atoms. The smallest absolute Gasteiger partial charge is 0.296 e. The van der Waals surface area contributed by atoms with Crippen LogP contribution in [0.4, 0.5) is 11.4 Å². The van der Waals surface area contributed by atoms with E-state index in [0.29, 0.717) is 27.5 Å². The van der Waals surface area contributed by atoms with Crippen molar-refractivity contribution < 1.29 is 19.2 Å². The van der Waals surface area contributed by atoms with E-state index in [9.17, 15) is 19.2 Å². The van der Waals surface area contributed by atoms with Crippen LogP contribution in [0.2, 0.25) is 5.02 Å². The van der Waals surface area contributed by atoms with Gasteiger partial charge in [0.05, 0.1) is 22.5 Å². The van der Waals surface area contributed by atoms with Crippen LogP contribution in [0.25, 0.3) is 0 Å². The van der Waals surface area contributed by atoms with Gasteiger partial charge in [-0.05, 0) is 36.8 Å². The lowest BCUT2D eigenvalue weighted by molar-refractivity contribution is -0.112. The molecule has 0 atom stereocenters. The fraction of sp³-hybridized carbons (Fsp3) is 0.0588. The molecule has 0 unspecified atom stereocenters. The largest absolute Gasteiger partial charge is 0.318 e. The number of hydrogen-bond acceptors (Lipinski definition) is 4. The highest BCUT2D eigenvalue weighted by molar-refractivity contribution is 6.52. The molecule has 0 saturated heterocycles. The predicted molar refractivity (Wildman–Crippen MR) is 88.6 cm³/mol. The molecule has 2 aliphatic heterocycles. The minimum absolute atomic E-state index is 0.409. The summed E-state index contributed by atoms with van der Waals surface area (Å²) in [5.41, 5.74) is 2.77. The summed E-state index contributed by atoms with van der Waals surface area (Å²) in [5, 5.41) is 5.49. The van der Waals surface area contributed by atoms with Crippen LogP contribution in [0, 0.1) is 6.92 Å². The summed E-state index contributed by atoms with van der Waals surface area (Å²) in [5.74, 6) is -2.05. The van der Waals surface area contributed by atoms with Gasteiger partial charge in [-0.15, -0.1) is 0 Å². The van der Waals surface area contributed by atoms with Crippen molar-refractivity contribution in [1.29, 1.82) is 0 Å². The van der Waals surface area contributed by atoms with Gasteiger partial charge < -0.3 is 10.6 Å². The molecule has 0 aliphatic carbocycles. The zero-order chi connectivity index (χ0) is 17.4. The average molecular weight is 343 g/mol. The molecule has 4 rings (SSSR count). The summed E-state index contributed by atoms with van der Waals surface area (Å²) < 4.78 is 0. The monoisotopic (exact) mass is 342 g/mol. The average Bonchev–Trinajstić information content (AvgIpc) is 3.02. The minimum atomic E-state index is -0.583. The molecule has 2 heterocycles. The first kappa shape index (κ1) is 15.9. The number of benzene rings is 2. The molecular weight excluding hydrogens is 332 g/mol. The summed E-state index contributed by atoms with van der Waals surface area (Å²) >= 11 is 5.83. The molecule has 0 fully saturated rings. The molecule has 2 aliphatic rings. The lowest BCUT2D eigenvalue weighted by atomic mass is 10.1. The van der Waals surface area contributed by atoms with E-state index >= 15 is 0 Å². The lowest BCUT2D eigenvalue weighted by Crippen LogP contribution is -2.12. The summed E-state index contributed by atoms with van der Waals surface area (Å²) in [6, 6.07) is 10.0. The van der Waals surface area contributed by atoms with E-state index in [1.165, 1.54) is 0 Å². The molecule has 2 aromatic carbocycles. The maximum Gasteiger partial charge on any atom is 0.296 e. The quantitative estimate of drug-likeness (QED) is 0.720. The fourth-order valence-electron chi connectivity index (χ4n) is 2.42. The Hall–Kier alpha value is -2.99. The Kier molecular flexibility index (Phi) is 3.91. The number of fused-ring (bicyclic) bond motifs is 2. The maximum atomic E-state index is 11.2. The minimum Gasteiger partial charge on any atom is -0.318 e. The second-order valence-electron chi connectivity index (χ2n) is 5.21. The third-order valence-corrected chi connectivity index (χ3v) is 4.12. The molecule has 6 nitrogen and oxygen atoms in total. The van der Waals surface area contributed by atoms with Gasteiger partial charge in [0.25, 0.3) is 23.4 Å². The molecule has 0 aromatic heterocycles. The maximum absolute atomic E-state index is 11.2. The Labute approximate surface area is 141 Å². The van der Waals surface area contributed by atoms with Gasteiger partial charge in [0.1, 0.15) is 0 Å². The van der Waals surface area contributed by atoms with Crippen molar-refractivity contribution in [3.8, 4) is 0 Å². The Morgan fingerprint density at radius 2 is 1.42 bits per heavy atom. The van der Waals surface area contributed by atoms with Crippen molar-refractivity contribution in [3.05, 3.63) is 58.1 Å². The Bertz CT molecular complexity index is 921. The van der Waals surface area contributed by atoms with Gasteiger partial charge in [0.15, 0.2) is 0 Å². The van der Waals surface area contributed by atoms with Crippen LogP contribution in [0.15, 0.2) is 36.4 Å². The molecule has 24 heavy (non-hydrogen) atoms. The summed E-state index contributed by atoms with van der Waals surface area (Å²) in [6.07, 6.45) is 0. The van der Waals surface area contributed by atoms with E-state index in [2.05, 4.69) is 10.6 Å². The van der Waals surface area contributed by atoms with Gasteiger partial charge >= 0.3 is 0 Å². The van der Waals surface area contributed by atoms with Crippen molar-refractivity contribution in [2.75, 3.05) is 10.6 Å². The first-order valence-electron chi connectivity index (χ1n) is 6.99. The fourth-order valence-corrected chi connectivity index (χ4v) is 2.58. The van der Waals surface area contributed by atoms with E-state index < -0.39 is 23.4 Å². The van der Waals surface area contributed by atoms with Crippen LogP contribution in [-0.4, -0.2) is 23.4 Å². The van der Waals surface area contributed by atoms with E-state index in [4.69, 9.17) is 11.6 Å². The highest BCUT2D eigenvalue weighted by Gasteiger charge is 2.29. The van der Waals surface area contributed by atoms with Gasteiger partial charge in [-0.25, -0.2) is 0 Å². The summed E-state index contributed by atoms with van der Waals surface area (Å²) in [4.78, 5) is 44.0. The molecule has 0 bridgehead atoms. The van der Waals surface area contributed by atoms with E-state index in [0.717, 1.165) is 5.56 Å². The molecule has 120 valence electrons. The van der Waals surface area contributed by atoms with Crippen LogP contribution in [0.1, 0.15) is 26.3 Å². The molecule has 2 amide bonds. The van der Waals surface area contributed by atoms with Gasteiger partial charge in [-0.3, -0.25) is 19.2 Å². The van der Waals surface area contributed by atoms with E-state index in [-0.39, 0.29) is 0 Å². The number of hydrogen-bond donors (Lipinski definition) is 2. The number of carbonyl (C=O) groups excluding carboxylic acids is 4. The van der Waals surface area contributed by atoms with Crippen molar-refractivity contribution in [1.82, 2.24) is 0 Å². The van der Waals surface area contributed by atoms with Crippen LogP contribution in [0.5, 0.6) is 0 Å². The van der Waals surface area contributed by atoms with E-state index in [1.807, 2.05) is 0 Å². The number of amides is 2. The van der Waals surface area contributed by atoms with Crippen LogP contribution < -0.4 is 10.6 Å². The zero-order valence-corrected chi connectivity index (χ0v) is 13.2. The molecule has 0 saturated carbocycles. The molecule has 0 radical (unpaired) electrons. The first-order chi connectivity index (χ1) is 11.4. The third kappa shape index (κ3) is 2.57. The SMILES string of the molecule is Cc1c(Cl)ccc2c1NC(=O)C2=O.O=C1Nc2ccccc2C1=O. The first-order valence-corrected chi connectivity index (χ1v) is 7.37. The zero-order valence-electron chi connectivity index (χ0n) is 12.5. The van der Waals surface area contributed by atoms with E-state index in [1.54, 1.807) is 43.3 Å². The van der Waals surface area contributed by atoms with Crippen molar-refractivity contribution in [3.63, 3.8) is 0 Å². The Balaban J connectivity index is 0.000000143. The standard InChI is InChI=1S/C9H6ClNO2.C8H5NO2/c1-4-6(10)3-2-5-7(4)11-9(13)8(5)12;10-7-5-3-1-2-4-6(5)9-8(7)11/h2-3H,1H3,(H,11,12,13);1-4H,(H,9,10,11). The summed E-state index contributed by atoms with van der Waals surface area (Å²) in [6.45, 7) is 1.76. The molecule has 2 N–H and O–H groups in total. The predicted octanol–water partition coefficient (Wildman–Crippen LogP) is 2.60. The normalized spacial score (nSPS) is 14.4. The number of para-hydroxylation sites is 1. The van der Waals surface area contributed by atoms with Gasteiger partial charge in [-0.2, -0.15) is 0 Å². The van der Waals surface area contributed by atoms with Crippen LogP contribution >= 0.6 is 11.6 Å². The number of ketones is 2. The number of halogens is 1. The number of anilines is 2. The van der Waals surface area contributed by atoms with Crippen molar-refractivity contribution in [2.24, 2.45) is 0 Å². The number of nitrogens with one attached hydrogen (secondary N) is 2. The number of Topliss-reactive ketones (excluding diaryl/α,β-unsaturated/α-hetero) is 2. The second kappa shape index (κ2) is 5.90. The van der Waals surface area contributed by atoms with Gasteiger partial charge in [0.2, 0.25) is 0 Å². The van der Waals surface area contributed by atoms with Crippen molar-refractivity contribution in [2.45, 2.75) is 6.92 Å². The lowest BCUT2D eigenvalue weighted by Gasteiger charge is -2.03. The number of rotatable bonds is 0. The molecular formula is C17H11ClN2O4. The highest BCUT2D eigenvalue weighted by Crippen LogP contribution is 2.31. The van der Waals surface area contributed by atoms with Crippen LogP contribution in [0.3, 0.4) is 0 Å². The van der Waals surface area contributed by atoms with Gasteiger partial charge in [0, 0.05) is 5.02 Å². The van der Waals surface area contributed by atoms with Crippen LogP contribution in [-0.2, 0) is 9.59 Å². The third-order valence-electron chi connectivity index (χ3n) is 3.71. The van der Waals surface area contributed by atoms with Crippen molar-refractivity contribution >= 4 is 46.4 Å². The molecule has 2 aromatic rings. The number of carbonyl (C=O) groups is 4. The Morgan fingerprint density at radius 3 is 2.12 bits per heavy atom. The highest BCUT2D eigenvalue weighted by atomic mass is 35.5. The van der Waals surface area contributed by atoms with Gasteiger partial charge in [-0.1, -0.05) is 23.7 Å². The molecule has 7 heteroatoms.